The number of pyridine rings is 1. The smallest absolute Gasteiger partial charge is 0.341 e. The van der Waals surface area contributed by atoms with Crippen LogP contribution in [0.4, 0.5) is 5.00 Å². The van der Waals surface area contributed by atoms with Crippen LogP contribution in [0.15, 0.2) is 42.5 Å². The highest BCUT2D eigenvalue weighted by atomic mass is 35.5. The monoisotopic (exact) mass is 527 g/mol. The molecule has 0 unspecified atom stereocenters. The third-order valence-corrected chi connectivity index (χ3v) is 7.69. The minimum atomic E-state index is -0.595. The zero-order chi connectivity index (χ0) is 25.3. The summed E-state index contributed by atoms with van der Waals surface area (Å²) < 4.78 is 5.83. The van der Waals surface area contributed by atoms with Crippen molar-refractivity contribution in [3.05, 3.63) is 68.4 Å². The van der Waals surface area contributed by atoms with Crippen LogP contribution in [-0.2, 0) is 4.74 Å². The first-order valence-corrected chi connectivity index (χ1v) is 12.7. The minimum absolute atomic E-state index is 0.167. The molecule has 0 bridgehead atoms. The molecule has 35 heavy (non-hydrogen) atoms. The maximum absolute atomic E-state index is 13.6. The van der Waals surface area contributed by atoms with E-state index in [9.17, 15) is 14.4 Å². The number of ether oxygens (including phenoxy) is 1. The van der Waals surface area contributed by atoms with Gasteiger partial charge in [-0.1, -0.05) is 29.8 Å². The number of thiophene rings is 2. The fraction of sp³-hybridized carbons (Fsp3) is 0.200. The van der Waals surface area contributed by atoms with E-state index in [0.717, 1.165) is 16.2 Å². The summed E-state index contributed by atoms with van der Waals surface area (Å²) >= 11 is 8.53. The summed E-state index contributed by atoms with van der Waals surface area (Å²) in [5.41, 5.74) is 2.30. The van der Waals surface area contributed by atoms with Gasteiger partial charge in [0.1, 0.15) is 5.00 Å². The maximum Gasteiger partial charge on any atom is 0.341 e. The van der Waals surface area contributed by atoms with E-state index in [1.165, 1.54) is 16.2 Å². The van der Waals surface area contributed by atoms with E-state index in [1.807, 2.05) is 30.3 Å². The molecule has 3 aromatic heterocycles. The van der Waals surface area contributed by atoms with Gasteiger partial charge in [-0.3, -0.25) is 9.59 Å². The molecule has 4 aromatic rings. The lowest BCUT2D eigenvalue weighted by atomic mass is 10.1. The number of carbonyl (C=O) groups excluding carboxylic acids is 3. The van der Waals surface area contributed by atoms with Crippen LogP contribution < -0.4 is 5.32 Å². The number of fused-ring (bicyclic) bond motifs is 1. The molecular formula is C25H22ClN3O4S2. The lowest BCUT2D eigenvalue weighted by molar-refractivity contribution is 0.0527. The van der Waals surface area contributed by atoms with Crippen LogP contribution in [-0.4, -0.2) is 48.4 Å². The highest BCUT2D eigenvalue weighted by molar-refractivity contribution is 7.19. The Labute approximate surface area is 215 Å². The number of carbonyl (C=O) groups is 3. The van der Waals surface area contributed by atoms with E-state index in [2.05, 4.69) is 10.3 Å². The molecule has 0 atom stereocenters. The number of rotatable bonds is 6. The fourth-order valence-corrected chi connectivity index (χ4v) is 5.78. The Kier molecular flexibility index (Phi) is 7.20. The van der Waals surface area contributed by atoms with Gasteiger partial charge in [0, 0.05) is 19.5 Å². The quantitative estimate of drug-likeness (QED) is 0.305. The Morgan fingerprint density at radius 3 is 2.51 bits per heavy atom. The average molecular weight is 528 g/mol. The van der Waals surface area contributed by atoms with Crippen molar-refractivity contribution in [2.45, 2.75) is 13.8 Å². The number of nitrogens with one attached hydrogen (secondary N) is 1. The molecule has 180 valence electrons. The van der Waals surface area contributed by atoms with Gasteiger partial charge in [0.15, 0.2) is 0 Å². The van der Waals surface area contributed by atoms with Gasteiger partial charge in [-0.25, -0.2) is 9.78 Å². The van der Waals surface area contributed by atoms with E-state index < -0.39 is 11.9 Å². The summed E-state index contributed by atoms with van der Waals surface area (Å²) in [6.45, 7) is 3.54. The van der Waals surface area contributed by atoms with Crippen molar-refractivity contribution in [2.75, 3.05) is 26.0 Å². The molecule has 1 aromatic carbocycles. The summed E-state index contributed by atoms with van der Waals surface area (Å²) in [5, 5.41) is 3.78. The first-order chi connectivity index (χ1) is 16.7. The Bertz CT molecular complexity index is 1460. The van der Waals surface area contributed by atoms with Gasteiger partial charge in [-0.15, -0.1) is 22.7 Å². The van der Waals surface area contributed by atoms with Crippen molar-refractivity contribution in [1.82, 2.24) is 9.88 Å². The van der Waals surface area contributed by atoms with Gasteiger partial charge in [0.2, 0.25) is 0 Å². The molecule has 0 fully saturated rings. The molecule has 0 saturated carbocycles. The predicted molar refractivity (Wildman–Crippen MR) is 141 cm³/mol. The van der Waals surface area contributed by atoms with E-state index in [4.69, 9.17) is 16.3 Å². The van der Waals surface area contributed by atoms with Crippen molar-refractivity contribution in [2.24, 2.45) is 0 Å². The van der Waals surface area contributed by atoms with Gasteiger partial charge >= 0.3 is 5.97 Å². The van der Waals surface area contributed by atoms with Gasteiger partial charge in [-0.2, -0.15) is 0 Å². The number of hydrogen-bond donors (Lipinski definition) is 1. The molecule has 1 N–H and O–H groups in total. The van der Waals surface area contributed by atoms with Crippen molar-refractivity contribution >= 4 is 68.0 Å². The molecule has 3 heterocycles. The van der Waals surface area contributed by atoms with Crippen LogP contribution in [0.3, 0.4) is 0 Å². The molecule has 7 nitrogen and oxygen atoms in total. The number of anilines is 1. The average Bonchev–Trinajstić information content (AvgIpc) is 3.40. The first kappa shape index (κ1) is 24.8. The SMILES string of the molecule is CCOC(=O)c1c(NC(=O)c2cc(-c3ccc(Cl)s3)nc3ccccc23)sc(C(=O)N(C)C)c1C. The lowest BCUT2D eigenvalue weighted by Crippen LogP contribution is -2.21. The molecule has 0 radical (unpaired) electrons. The molecule has 0 saturated heterocycles. The highest BCUT2D eigenvalue weighted by Crippen LogP contribution is 2.36. The van der Waals surface area contributed by atoms with Crippen LogP contribution in [0.25, 0.3) is 21.5 Å². The number of nitrogens with zero attached hydrogens (tertiary/aromatic N) is 2. The van der Waals surface area contributed by atoms with E-state index in [0.29, 0.717) is 36.9 Å². The Morgan fingerprint density at radius 1 is 1.11 bits per heavy atom. The summed E-state index contributed by atoms with van der Waals surface area (Å²) in [4.78, 5) is 46.3. The zero-order valence-corrected chi connectivity index (χ0v) is 21.9. The topological polar surface area (TPSA) is 88.6 Å². The predicted octanol–water partition coefficient (Wildman–Crippen LogP) is 6.12. The van der Waals surface area contributed by atoms with Gasteiger partial charge in [-0.05, 0) is 43.7 Å². The van der Waals surface area contributed by atoms with Gasteiger partial charge in [0.05, 0.1) is 43.0 Å². The second kappa shape index (κ2) is 10.2. The van der Waals surface area contributed by atoms with E-state index in [-0.39, 0.29) is 23.1 Å². The largest absolute Gasteiger partial charge is 0.462 e. The summed E-state index contributed by atoms with van der Waals surface area (Å²) in [6, 6.07) is 12.7. The van der Waals surface area contributed by atoms with Crippen LogP contribution >= 0.6 is 34.3 Å². The van der Waals surface area contributed by atoms with Crippen LogP contribution in [0.1, 0.15) is 42.9 Å². The van der Waals surface area contributed by atoms with Crippen molar-refractivity contribution in [3.8, 4) is 10.6 Å². The number of esters is 1. The summed E-state index contributed by atoms with van der Waals surface area (Å²) in [7, 11) is 3.26. The summed E-state index contributed by atoms with van der Waals surface area (Å²) in [6.07, 6.45) is 0. The van der Waals surface area contributed by atoms with Crippen LogP contribution in [0.2, 0.25) is 4.34 Å². The number of amides is 2. The first-order valence-electron chi connectivity index (χ1n) is 10.7. The number of aromatic nitrogens is 1. The maximum atomic E-state index is 13.6. The highest BCUT2D eigenvalue weighted by Gasteiger charge is 2.28. The van der Waals surface area contributed by atoms with Gasteiger partial charge in [0.25, 0.3) is 11.8 Å². The normalized spacial score (nSPS) is 10.9. The molecule has 2 amide bonds. The molecule has 10 heteroatoms. The Morgan fingerprint density at radius 2 is 1.86 bits per heavy atom. The van der Waals surface area contributed by atoms with Crippen molar-refractivity contribution < 1.29 is 19.1 Å². The number of hydrogen-bond acceptors (Lipinski definition) is 7. The molecule has 0 spiro atoms. The second-order valence-corrected chi connectivity index (χ2v) is 10.5. The molecule has 4 rings (SSSR count). The molecule has 0 aliphatic heterocycles. The standard InChI is InChI=1S/C25H22ClN3O4S2/c1-5-33-25(32)20-13(2)21(24(31)29(3)4)35-23(20)28-22(30)15-12-17(18-10-11-19(26)34-18)27-16-9-7-6-8-14(15)16/h6-12H,5H2,1-4H3,(H,28,30). The Balaban J connectivity index is 1.81. The minimum Gasteiger partial charge on any atom is -0.462 e. The number of halogens is 1. The molecule has 0 aliphatic rings. The molecular weight excluding hydrogens is 506 g/mol. The number of benzene rings is 1. The fourth-order valence-electron chi connectivity index (χ4n) is 3.57. The van der Waals surface area contributed by atoms with Crippen LogP contribution in [0.5, 0.6) is 0 Å². The Hall–Kier alpha value is -3.27. The van der Waals surface area contributed by atoms with Crippen molar-refractivity contribution in [1.29, 1.82) is 0 Å². The second-order valence-electron chi connectivity index (χ2n) is 7.81. The van der Waals surface area contributed by atoms with Crippen LogP contribution in [0, 0.1) is 6.92 Å². The van der Waals surface area contributed by atoms with E-state index in [1.54, 1.807) is 40.1 Å². The third kappa shape index (κ3) is 4.93. The lowest BCUT2D eigenvalue weighted by Gasteiger charge is -2.10. The molecule has 0 aliphatic carbocycles. The summed E-state index contributed by atoms with van der Waals surface area (Å²) in [5.74, 6) is -1.28. The zero-order valence-electron chi connectivity index (χ0n) is 19.5. The van der Waals surface area contributed by atoms with Gasteiger partial charge < -0.3 is 15.0 Å². The van der Waals surface area contributed by atoms with E-state index >= 15 is 0 Å². The third-order valence-electron chi connectivity index (χ3n) is 5.24. The number of para-hydroxylation sites is 1. The van der Waals surface area contributed by atoms with Crippen molar-refractivity contribution in [3.63, 3.8) is 0 Å².